The van der Waals surface area contributed by atoms with E-state index < -0.39 is 0 Å². The lowest BCUT2D eigenvalue weighted by molar-refractivity contribution is 1.06. The van der Waals surface area contributed by atoms with Crippen molar-refractivity contribution in [3.8, 4) is 0 Å². The molecule has 0 spiro atoms. The second-order valence-corrected chi connectivity index (χ2v) is 3.70. The topological polar surface area (TPSA) is 16.1 Å². The van der Waals surface area contributed by atoms with E-state index in [1.165, 1.54) is 5.57 Å². The summed E-state index contributed by atoms with van der Waals surface area (Å²) in [5.41, 5.74) is 6.49. The highest BCUT2D eigenvalue weighted by Crippen LogP contribution is 2.16. The average Bonchev–Trinajstić information content (AvgIpc) is 2.44. The Morgan fingerprint density at radius 3 is 2.93 bits per heavy atom. The fourth-order valence-corrected chi connectivity index (χ4v) is 1.49. The van der Waals surface area contributed by atoms with E-state index in [2.05, 4.69) is 34.8 Å². The first-order valence-corrected chi connectivity index (χ1v) is 5.04. The van der Waals surface area contributed by atoms with E-state index in [9.17, 15) is 0 Å². The van der Waals surface area contributed by atoms with Gasteiger partial charge in [0.15, 0.2) is 0 Å². The van der Waals surface area contributed by atoms with Crippen molar-refractivity contribution in [3.05, 3.63) is 53.7 Å². The van der Waals surface area contributed by atoms with Gasteiger partial charge in [-0.1, -0.05) is 0 Å². The molecule has 0 bridgehead atoms. The number of anilines is 1. The van der Waals surface area contributed by atoms with E-state index in [0.29, 0.717) is 0 Å². The monoisotopic (exact) mass is 198 g/mol. The van der Waals surface area contributed by atoms with Crippen LogP contribution in [0.2, 0.25) is 0 Å². The Hall–Kier alpha value is -1.79. The molecule has 2 rings (SSSR count). The van der Waals surface area contributed by atoms with E-state index in [4.69, 9.17) is 0 Å². The zero-order valence-electron chi connectivity index (χ0n) is 9.07. The molecule has 0 saturated heterocycles. The number of aryl methyl sites for hydroxylation is 1. The van der Waals surface area contributed by atoms with Crippen LogP contribution < -0.4 is 4.90 Å². The second kappa shape index (κ2) is 4.16. The summed E-state index contributed by atoms with van der Waals surface area (Å²) in [7, 11) is 0. The molecule has 0 amide bonds. The zero-order valence-corrected chi connectivity index (χ0v) is 9.07. The van der Waals surface area contributed by atoms with Crippen molar-refractivity contribution in [1.29, 1.82) is 0 Å². The Labute approximate surface area is 90.3 Å². The molecule has 2 nitrogen and oxygen atoms in total. The number of nitrogens with zero attached hydrogens (tertiary/aromatic N) is 2. The normalized spacial score (nSPS) is 15.1. The lowest BCUT2D eigenvalue weighted by Crippen LogP contribution is -2.15. The van der Waals surface area contributed by atoms with Crippen LogP contribution in [0.4, 0.5) is 5.69 Å². The maximum atomic E-state index is 4.29. The summed E-state index contributed by atoms with van der Waals surface area (Å²) in [5, 5.41) is 0. The van der Waals surface area contributed by atoms with Crippen LogP contribution in [0.3, 0.4) is 0 Å². The standard InChI is InChI=1S/C13H14N2/c1-11-5-3-4-8-15(10-11)13-7-6-12(2)14-9-13/h4-7,9-10H,8H2,1-2H3. The third kappa shape index (κ3) is 2.36. The Morgan fingerprint density at radius 1 is 1.33 bits per heavy atom. The summed E-state index contributed by atoms with van der Waals surface area (Å²) in [5.74, 6) is 0. The van der Waals surface area contributed by atoms with E-state index >= 15 is 0 Å². The van der Waals surface area contributed by atoms with Gasteiger partial charge in [0.1, 0.15) is 0 Å². The minimum atomic E-state index is 0.846. The predicted molar refractivity (Wildman–Crippen MR) is 62.7 cm³/mol. The van der Waals surface area contributed by atoms with Crippen LogP contribution in [0.15, 0.2) is 48.0 Å². The van der Waals surface area contributed by atoms with Crippen LogP contribution >= 0.6 is 0 Å². The summed E-state index contributed by atoms with van der Waals surface area (Å²) >= 11 is 0. The van der Waals surface area contributed by atoms with Gasteiger partial charge in [-0.05, 0) is 43.7 Å². The molecule has 1 aromatic heterocycles. The molecule has 1 aliphatic rings. The fourth-order valence-electron chi connectivity index (χ4n) is 1.49. The summed E-state index contributed by atoms with van der Waals surface area (Å²) < 4.78 is 0. The number of pyridine rings is 1. The highest BCUT2D eigenvalue weighted by atomic mass is 15.1. The van der Waals surface area contributed by atoms with E-state index in [-0.39, 0.29) is 0 Å². The van der Waals surface area contributed by atoms with Crippen molar-refractivity contribution in [3.63, 3.8) is 0 Å². The minimum Gasteiger partial charge on any atom is -0.342 e. The third-order valence-electron chi connectivity index (χ3n) is 2.30. The Kier molecular flexibility index (Phi) is 2.70. The number of allylic oxidation sites excluding steroid dienone is 1. The van der Waals surface area contributed by atoms with Crippen LogP contribution in [-0.4, -0.2) is 11.5 Å². The van der Waals surface area contributed by atoms with Crippen molar-refractivity contribution in [2.45, 2.75) is 13.8 Å². The van der Waals surface area contributed by atoms with E-state index in [1.54, 1.807) is 0 Å². The molecule has 0 atom stereocenters. The van der Waals surface area contributed by atoms with Gasteiger partial charge in [0.25, 0.3) is 0 Å². The summed E-state index contributed by atoms with van der Waals surface area (Å²) in [4.78, 5) is 6.46. The van der Waals surface area contributed by atoms with Gasteiger partial charge in [0.05, 0.1) is 11.9 Å². The molecule has 1 aromatic rings. The summed E-state index contributed by atoms with van der Waals surface area (Å²) in [6, 6.07) is 4.12. The molecule has 0 aliphatic carbocycles. The van der Waals surface area contributed by atoms with Gasteiger partial charge in [0.2, 0.25) is 0 Å². The van der Waals surface area contributed by atoms with Crippen molar-refractivity contribution in [2.75, 3.05) is 11.4 Å². The Balaban J connectivity index is 2.29. The SMILES string of the molecule is CC1=CN(c2ccc(C)nc2)CC=C=C1. The van der Waals surface area contributed by atoms with Crippen LogP contribution in [0.25, 0.3) is 0 Å². The van der Waals surface area contributed by atoms with Gasteiger partial charge in [0, 0.05) is 18.4 Å². The second-order valence-electron chi connectivity index (χ2n) is 3.70. The highest BCUT2D eigenvalue weighted by Gasteiger charge is 2.03. The van der Waals surface area contributed by atoms with Gasteiger partial charge in [-0.3, -0.25) is 4.98 Å². The molecule has 2 heterocycles. The van der Waals surface area contributed by atoms with Crippen molar-refractivity contribution in [2.24, 2.45) is 0 Å². The highest BCUT2D eigenvalue weighted by molar-refractivity contribution is 5.50. The van der Waals surface area contributed by atoms with Crippen LogP contribution in [0, 0.1) is 6.92 Å². The third-order valence-corrected chi connectivity index (χ3v) is 2.30. The minimum absolute atomic E-state index is 0.846. The van der Waals surface area contributed by atoms with Crippen molar-refractivity contribution in [1.82, 2.24) is 4.98 Å². The van der Waals surface area contributed by atoms with Gasteiger partial charge < -0.3 is 4.90 Å². The molecule has 1 aliphatic heterocycles. The molecule has 0 radical (unpaired) electrons. The Bertz CT molecular complexity index is 434. The average molecular weight is 198 g/mol. The molecule has 0 fully saturated rings. The van der Waals surface area contributed by atoms with Crippen molar-refractivity contribution >= 4 is 5.69 Å². The number of aromatic nitrogens is 1. The maximum Gasteiger partial charge on any atom is 0.0596 e. The molecular formula is C13H14N2. The zero-order chi connectivity index (χ0) is 10.7. The van der Waals surface area contributed by atoms with E-state index in [0.717, 1.165) is 17.9 Å². The van der Waals surface area contributed by atoms with Gasteiger partial charge in [-0.2, -0.15) is 0 Å². The van der Waals surface area contributed by atoms with E-state index in [1.807, 2.05) is 31.3 Å². The lowest BCUT2D eigenvalue weighted by Gasteiger charge is -2.18. The van der Waals surface area contributed by atoms with Crippen molar-refractivity contribution < 1.29 is 0 Å². The first kappa shape index (κ1) is 9.75. The first-order valence-electron chi connectivity index (χ1n) is 5.04. The Morgan fingerprint density at radius 2 is 2.20 bits per heavy atom. The fraction of sp³-hybridized carbons (Fsp3) is 0.231. The van der Waals surface area contributed by atoms with Gasteiger partial charge in [-0.25, -0.2) is 0 Å². The quantitative estimate of drug-likeness (QED) is 0.645. The largest absolute Gasteiger partial charge is 0.342 e. The number of rotatable bonds is 1. The smallest absolute Gasteiger partial charge is 0.0596 e. The van der Waals surface area contributed by atoms with Crippen LogP contribution in [0.1, 0.15) is 12.6 Å². The van der Waals surface area contributed by atoms with Crippen LogP contribution in [-0.2, 0) is 0 Å². The maximum absolute atomic E-state index is 4.29. The van der Waals surface area contributed by atoms with Gasteiger partial charge in [-0.15, -0.1) is 5.73 Å². The summed E-state index contributed by atoms with van der Waals surface area (Å²) in [6.45, 7) is 4.91. The van der Waals surface area contributed by atoms with Crippen LogP contribution in [0.5, 0.6) is 0 Å². The molecular weight excluding hydrogens is 184 g/mol. The summed E-state index contributed by atoms with van der Waals surface area (Å²) in [6.07, 6.45) is 8.02. The molecule has 0 saturated carbocycles. The molecule has 76 valence electrons. The lowest BCUT2D eigenvalue weighted by atomic mass is 10.3. The molecule has 15 heavy (non-hydrogen) atoms. The molecule has 0 N–H and O–H groups in total. The molecule has 0 aromatic carbocycles. The number of hydrogen-bond donors (Lipinski definition) is 0. The van der Waals surface area contributed by atoms with Gasteiger partial charge >= 0.3 is 0 Å². The molecule has 0 unspecified atom stereocenters. The predicted octanol–water partition coefficient (Wildman–Crippen LogP) is 2.83. The number of hydrogen-bond acceptors (Lipinski definition) is 2. The first-order chi connectivity index (χ1) is 7.25. The molecule has 2 heteroatoms.